The molecular formula is C19H27N3O. The van der Waals surface area contributed by atoms with E-state index in [2.05, 4.69) is 31.2 Å². The second-order valence-electron chi connectivity index (χ2n) is 7.36. The number of hydrogen-bond donors (Lipinski definition) is 1. The summed E-state index contributed by atoms with van der Waals surface area (Å²) in [6.45, 7) is 7.11. The topological polar surface area (TPSA) is 46.9 Å². The van der Waals surface area contributed by atoms with Crippen LogP contribution < -0.4 is 5.32 Å². The summed E-state index contributed by atoms with van der Waals surface area (Å²) in [5.74, 6) is 1.97. The molecule has 3 rings (SSSR count). The van der Waals surface area contributed by atoms with E-state index in [1.165, 1.54) is 12.8 Å². The van der Waals surface area contributed by atoms with Gasteiger partial charge >= 0.3 is 0 Å². The first-order chi connectivity index (χ1) is 11.0. The fourth-order valence-corrected chi connectivity index (χ4v) is 3.91. The molecule has 0 aliphatic heterocycles. The molecule has 1 saturated carbocycles. The maximum atomic E-state index is 12.5. The van der Waals surface area contributed by atoms with Crippen molar-refractivity contribution in [2.75, 3.05) is 0 Å². The normalized spacial score (nSPS) is 25.0. The minimum Gasteiger partial charge on any atom is -0.351 e. The van der Waals surface area contributed by atoms with Crippen molar-refractivity contribution in [3.8, 4) is 0 Å². The van der Waals surface area contributed by atoms with E-state index in [0.717, 1.165) is 17.3 Å². The highest BCUT2D eigenvalue weighted by molar-refractivity contribution is 5.82. The number of carbonyl (C=O) groups is 1. The van der Waals surface area contributed by atoms with Gasteiger partial charge in [-0.3, -0.25) is 9.48 Å². The largest absolute Gasteiger partial charge is 0.351 e. The van der Waals surface area contributed by atoms with Crippen LogP contribution in [0.15, 0.2) is 30.5 Å². The predicted molar refractivity (Wildman–Crippen MR) is 93.0 cm³/mol. The van der Waals surface area contributed by atoms with Gasteiger partial charge in [0.2, 0.25) is 5.91 Å². The van der Waals surface area contributed by atoms with Gasteiger partial charge in [-0.1, -0.05) is 45.4 Å². The molecule has 0 bridgehead atoms. The molecule has 0 unspecified atom stereocenters. The third kappa shape index (κ3) is 3.57. The molecule has 124 valence electrons. The van der Waals surface area contributed by atoms with E-state index in [0.29, 0.717) is 30.3 Å². The summed E-state index contributed by atoms with van der Waals surface area (Å²) in [7, 11) is 0. The predicted octanol–water partition coefficient (Wildman–Crippen LogP) is 3.61. The molecule has 1 aromatic heterocycles. The van der Waals surface area contributed by atoms with Gasteiger partial charge in [-0.15, -0.1) is 0 Å². The Hall–Kier alpha value is -1.84. The Bertz CT molecular complexity index is 676. The average molecular weight is 313 g/mol. The first kappa shape index (κ1) is 16.0. The van der Waals surface area contributed by atoms with Crippen LogP contribution in [-0.2, 0) is 11.3 Å². The van der Waals surface area contributed by atoms with Gasteiger partial charge in [0.25, 0.3) is 0 Å². The molecule has 1 aliphatic rings. The Balaban J connectivity index is 1.68. The van der Waals surface area contributed by atoms with Gasteiger partial charge in [-0.05, 0) is 36.7 Å². The second-order valence-corrected chi connectivity index (χ2v) is 7.36. The minimum atomic E-state index is 0.0728. The Morgan fingerprint density at radius 1 is 1.35 bits per heavy atom. The number of benzene rings is 1. The van der Waals surface area contributed by atoms with Crippen molar-refractivity contribution in [2.24, 2.45) is 17.8 Å². The van der Waals surface area contributed by atoms with Crippen molar-refractivity contribution in [3.05, 3.63) is 30.5 Å². The summed E-state index contributed by atoms with van der Waals surface area (Å²) in [4.78, 5) is 12.5. The zero-order chi connectivity index (χ0) is 16.4. The summed E-state index contributed by atoms with van der Waals surface area (Å²) in [6, 6.07) is 8.30. The van der Waals surface area contributed by atoms with E-state index >= 15 is 0 Å². The van der Waals surface area contributed by atoms with Gasteiger partial charge in [0.15, 0.2) is 0 Å². The summed E-state index contributed by atoms with van der Waals surface area (Å²) in [5, 5.41) is 8.71. The van der Waals surface area contributed by atoms with Crippen LogP contribution in [0, 0.1) is 17.8 Å². The molecule has 0 spiro atoms. The molecule has 4 heteroatoms. The minimum absolute atomic E-state index is 0.0728. The molecule has 3 atom stereocenters. The lowest BCUT2D eigenvalue weighted by atomic mass is 9.74. The average Bonchev–Trinajstić information content (AvgIpc) is 2.90. The van der Waals surface area contributed by atoms with Gasteiger partial charge in [0, 0.05) is 11.4 Å². The van der Waals surface area contributed by atoms with Crippen LogP contribution in [-0.4, -0.2) is 21.7 Å². The van der Waals surface area contributed by atoms with Crippen molar-refractivity contribution in [2.45, 2.75) is 52.6 Å². The molecular weight excluding hydrogens is 286 g/mol. The van der Waals surface area contributed by atoms with Crippen LogP contribution in [0.3, 0.4) is 0 Å². The number of nitrogens with zero attached hydrogens (tertiary/aromatic N) is 2. The molecule has 0 radical (unpaired) electrons. The van der Waals surface area contributed by atoms with Gasteiger partial charge in [-0.2, -0.15) is 5.10 Å². The molecule has 1 amide bonds. The number of aromatic nitrogens is 2. The van der Waals surface area contributed by atoms with E-state index in [9.17, 15) is 4.79 Å². The van der Waals surface area contributed by atoms with Crippen molar-refractivity contribution in [3.63, 3.8) is 0 Å². The van der Waals surface area contributed by atoms with E-state index in [-0.39, 0.29) is 5.91 Å². The van der Waals surface area contributed by atoms with Crippen molar-refractivity contribution in [1.82, 2.24) is 15.1 Å². The quantitative estimate of drug-likeness (QED) is 0.937. The molecule has 0 saturated heterocycles. The first-order valence-corrected chi connectivity index (χ1v) is 8.74. The summed E-state index contributed by atoms with van der Waals surface area (Å²) < 4.78 is 1.79. The number of carbonyl (C=O) groups excluding carboxylic acids is 1. The second kappa shape index (κ2) is 6.73. The monoisotopic (exact) mass is 313 g/mol. The number of rotatable bonds is 4. The van der Waals surface area contributed by atoms with E-state index in [1.54, 1.807) is 4.68 Å². The molecule has 2 aromatic rings. The lowest BCUT2D eigenvalue weighted by Gasteiger charge is -2.37. The summed E-state index contributed by atoms with van der Waals surface area (Å²) >= 11 is 0. The number of hydrogen-bond acceptors (Lipinski definition) is 2. The van der Waals surface area contributed by atoms with Crippen molar-refractivity contribution >= 4 is 16.8 Å². The lowest BCUT2D eigenvalue weighted by Crippen LogP contribution is -2.46. The highest BCUT2D eigenvalue weighted by Gasteiger charge is 2.31. The molecule has 1 heterocycles. The van der Waals surface area contributed by atoms with Crippen LogP contribution >= 0.6 is 0 Å². The Labute approximate surface area is 138 Å². The van der Waals surface area contributed by atoms with Gasteiger partial charge in [0.1, 0.15) is 6.54 Å². The van der Waals surface area contributed by atoms with E-state index < -0.39 is 0 Å². The fraction of sp³-hybridized carbons (Fsp3) is 0.579. The molecule has 1 N–H and O–H groups in total. The first-order valence-electron chi connectivity index (χ1n) is 8.74. The lowest BCUT2D eigenvalue weighted by molar-refractivity contribution is -0.123. The number of para-hydroxylation sites is 1. The molecule has 1 fully saturated rings. The van der Waals surface area contributed by atoms with Crippen LogP contribution in [0.25, 0.3) is 10.9 Å². The standard InChI is InChI=1S/C19H27N3O/c1-13(2)16-9-8-14(3)10-17(16)21-19(23)12-22-18-7-5-4-6-15(18)11-20-22/h4-7,11,13-14,16-17H,8-10,12H2,1-3H3,(H,21,23)/t14-,16+,17+/m1/s1. The highest BCUT2D eigenvalue weighted by atomic mass is 16.2. The molecule has 23 heavy (non-hydrogen) atoms. The molecule has 1 aromatic carbocycles. The highest BCUT2D eigenvalue weighted by Crippen LogP contribution is 2.33. The van der Waals surface area contributed by atoms with E-state index in [1.807, 2.05) is 30.5 Å². The number of fused-ring (bicyclic) bond motifs is 1. The molecule has 4 nitrogen and oxygen atoms in total. The Morgan fingerprint density at radius 2 is 2.13 bits per heavy atom. The maximum Gasteiger partial charge on any atom is 0.241 e. The molecule has 1 aliphatic carbocycles. The van der Waals surface area contributed by atoms with Gasteiger partial charge in [-0.25, -0.2) is 0 Å². The van der Waals surface area contributed by atoms with Crippen LogP contribution in [0.4, 0.5) is 0 Å². The van der Waals surface area contributed by atoms with Crippen LogP contribution in [0.1, 0.15) is 40.0 Å². The van der Waals surface area contributed by atoms with E-state index in [4.69, 9.17) is 0 Å². The number of nitrogens with one attached hydrogen (secondary N) is 1. The SMILES string of the molecule is CC(C)[C@@H]1CC[C@@H](C)C[C@@H]1NC(=O)Cn1ncc2ccccc21. The van der Waals surface area contributed by atoms with Crippen LogP contribution in [0.2, 0.25) is 0 Å². The Kier molecular flexibility index (Phi) is 4.69. The summed E-state index contributed by atoms with van der Waals surface area (Å²) in [5.41, 5.74) is 1.01. The third-order valence-corrected chi connectivity index (χ3v) is 5.21. The zero-order valence-corrected chi connectivity index (χ0v) is 14.3. The maximum absolute atomic E-state index is 12.5. The van der Waals surface area contributed by atoms with Crippen molar-refractivity contribution < 1.29 is 4.79 Å². The number of amides is 1. The smallest absolute Gasteiger partial charge is 0.241 e. The fourth-order valence-electron chi connectivity index (χ4n) is 3.91. The Morgan fingerprint density at radius 3 is 2.91 bits per heavy atom. The van der Waals surface area contributed by atoms with Crippen molar-refractivity contribution in [1.29, 1.82) is 0 Å². The summed E-state index contributed by atoms with van der Waals surface area (Å²) in [6.07, 6.45) is 5.41. The van der Waals surface area contributed by atoms with Gasteiger partial charge in [0.05, 0.1) is 11.7 Å². The zero-order valence-electron chi connectivity index (χ0n) is 14.3. The van der Waals surface area contributed by atoms with Gasteiger partial charge < -0.3 is 5.32 Å². The third-order valence-electron chi connectivity index (χ3n) is 5.21. The van der Waals surface area contributed by atoms with Crippen LogP contribution in [0.5, 0.6) is 0 Å².